The lowest BCUT2D eigenvalue weighted by Gasteiger charge is -2.46. The maximum Gasteiger partial charge on any atom is 0.220 e. The summed E-state index contributed by atoms with van der Waals surface area (Å²) in [7, 11) is 0. The van der Waals surface area contributed by atoms with Crippen LogP contribution in [0.1, 0.15) is 187 Å². The summed E-state index contributed by atoms with van der Waals surface area (Å²) in [6.07, 6.45) is 28.5. The Kier molecular flexibility index (Phi) is 34.8. The molecule has 0 bridgehead atoms. The molecule has 1 amide bonds. The van der Waals surface area contributed by atoms with Gasteiger partial charge in [-0.05, 0) is 44.9 Å². The number of amides is 1. The van der Waals surface area contributed by atoms with E-state index in [1.807, 2.05) is 13.0 Å². The normalized spacial score (nSPS) is 27.3. The molecule has 12 atom stereocenters. The lowest BCUT2D eigenvalue weighted by Crippen LogP contribution is -2.65. The highest BCUT2D eigenvalue weighted by Gasteiger charge is 2.51. The van der Waals surface area contributed by atoms with Gasteiger partial charge in [-0.15, -0.1) is 0 Å². The van der Waals surface area contributed by atoms with Crippen LogP contribution in [0.15, 0.2) is 36.5 Å². The Morgan fingerprint density at radius 2 is 0.985 bits per heavy atom. The van der Waals surface area contributed by atoms with Crippen LogP contribution in [0, 0.1) is 0 Å². The third-order valence-electron chi connectivity index (χ3n) is 12.5. The first-order valence-corrected chi connectivity index (χ1v) is 25.7. The molecule has 2 fully saturated rings. The lowest BCUT2D eigenvalue weighted by molar-refractivity contribution is -0.359. The minimum absolute atomic E-state index is 0.220. The average molecular weight is 928 g/mol. The van der Waals surface area contributed by atoms with Gasteiger partial charge in [0.05, 0.1) is 32.0 Å². The number of allylic oxidation sites excluding steroid dienone is 5. The first kappa shape index (κ1) is 59.3. The number of carbonyl (C=O) groups excluding carboxylic acids is 1. The highest BCUT2D eigenvalue weighted by Crippen LogP contribution is 2.30. The summed E-state index contributed by atoms with van der Waals surface area (Å²) in [4.78, 5) is 12.5. The third-order valence-corrected chi connectivity index (χ3v) is 12.5. The van der Waals surface area contributed by atoms with Gasteiger partial charge in [-0.1, -0.05) is 172 Å². The van der Waals surface area contributed by atoms with Crippen molar-refractivity contribution in [1.29, 1.82) is 0 Å². The predicted octanol–water partition coefficient (Wildman–Crippen LogP) is 6.71. The van der Waals surface area contributed by atoms with E-state index in [1.54, 1.807) is 6.08 Å². The van der Waals surface area contributed by atoms with E-state index in [-0.39, 0.29) is 18.9 Å². The van der Waals surface area contributed by atoms with Crippen LogP contribution in [0.4, 0.5) is 0 Å². The molecule has 0 aliphatic carbocycles. The molecule has 0 spiro atoms. The number of aliphatic hydroxyl groups excluding tert-OH is 8. The van der Waals surface area contributed by atoms with Crippen molar-refractivity contribution in [2.45, 2.75) is 261 Å². The molecule has 0 aromatic carbocycles. The molecule has 2 aliphatic rings. The summed E-state index contributed by atoms with van der Waals surface area (Å²) in [6, 6.07) is -0.931. The third kappa shape index (κ3) is 25.4. The van der Waals surface area contributed by atoms with Gasteiger partial charge in [-0.25, -0.2) is 0 Å². The molecule has 12 unspecified atom stereocenters. The van der Waals surface area contributed by atoms with E-state index in [9.17, 15) is 45.6 Å². The molecule has 2 aliphatic heterocycles. The minimum Gasteiger partial charge on any atom is -0.394 e. The molecular formula is C51H93NO13. The van der Waals surface area contributed by atoms with Gasteiger partial charge in [0.1, 0.15) is 48.8 Å². The van der Waals surface area contributed by atoms with E-state index in [1.165, 1.54) is 128 Å². The zero-order chi connectivity index (χ0) is 47.5. The smallest absolute Gasteiger partial charge is 0.220 e. The SMILES string of the molecule is CCCCCCCCCCCCCCCCCCCCCC/C=C/CC/C=C/CC/C=C/C(O)C(COC1OC(CO)C(OC2OC(CO)C(O)C(O)C2O)C(O)C1O)NC(=O)CCC. The van der Waals surface area contributed by atoms with Crippen LogP contribution in [0.25, 0.3) is 0 Å². The van der Waals surface area contributed by atoms with Gasteiger partial charge in [0.25, 0.3) is 0 Å². The molecule has 14 heteroatoms. The number of rotatable bonds is 39. The van der Waals surface area contributed by atoms with Crippen molar-refractivity contribution >= 4 is 5.91 Å². The molecule has 2 rings (SSSR count). The van der Waals surface area contributed by atoms with Crippen molar-refractivity contribution in [2.24, 2.45) is 0 Å². The molecule has 2 heterocycles. The predicted molar refractivity (Wildman–Crippen MR) is 254 cm³/mol. The highest BCUT2D eigenvalue weighted by molar-refractivity contribution is 5.76. The summed E-state index contributed by atoms with van der Waals surface area (Å²) in [6.45, 7) is 2.38. The van der Waals surface area contributed by atoms with E-state index in [0.717, 1.165) is 25.7 Å². The maximum atomic E-state index is 12.5. The molecule has 14 nitrogen and oxygen atoms in total. The number of carbonyl (C=O) groups is 1. The van der Waals surface area contributed by atoms with E-state index < -0.39 is 86.8 Å². The number of nitrogens with one attached hydrogen (secondary N) is 1. The quantitative estimate of drug-likeness (QED) is 0.0231. The van der Waals surface area contributed by atoms with E-state index in [4.69, 9.17) is 18.9 Å². The summed E-state index contributed by atoms with van der Waals surface area (Å²) in [5.41, 5.74) is 0. The monoisotopic (exact) mass is 928 g/mol. The van der Waals surface area contributed by atoms with Crippen LogP contribution in [0.5, 0.6) is 0 Å². The van der Waals surface area contributed by atoms with Crippen LogP contribution >= 0.6 is 0 Å². The Labute approximate surface area is 391 Å². The number of aliphatic hydroxyl groups is 8. The van der Waals surface area contributed by atoms with Crippen molar-refractivity contribution in [3.63, 3.8) is 0 Å². The van der Waals surface area contributed by atoms with E-state index >= 15 is 0 Å². The molecule has 2 saturated heterocycles. The molecule has 9 N–H and O–H groups in total. The summed E-state index contributed by atoms with van der Waals surface area (Å²) in [5.74, 6) is -0.308. The van der Waals surface area contributed by atoms with Crippen LogP contribution in [0.3, 0.4) is 0 Å². The second kappa shape index (κ2) is 38.1. The topological polar surface area (TPSA) is 228 Å². The minimum atomic E-state index is -1.79. The number of hydrogen-bond acceptors (Lipinski definition) is 13. The fourth-order valence-corrected chi connectivity index (χ4v) is 8.37. The van der Waals surface area contributed by atoms with Crippen molar-refractivity contribution in [1.82, 2.24) is 5.32 Å². The highest BCUT2D eigenvalue weighted by atomic mass is 16.7. The van der Waals surface area contributed by atoms with Crippen molar-refractivity contribution in [2.75, 3.05) is 19.8 Å². The van der Waals surface area contributed by atoms with Crippen LogP contribution in [-0.2, 0) is 23.7 Å². The molecule has 0 aromatic rings. The molecule has 0 aromatic heterocycles. The second-order valence-electron chi connectivity index (χ2n) is 18.3. The van der Waals surface area contributed by atoms with Gasteiger partial charge in [0.15, 0.2) is 12.6 Å². The standard InChI is InChI=1S/C51H93NO13/c1-3-5-6-7-8-9-10-11-12-13-14-15-16-17-18-19-20-21-22-23-24-25-26-27-28-29-30-31-32-33-35-40(55)39(52-43(56)34-4-2)38-62-50-48(61)46(59)49(42(37-54)64-50)65-51-47(60)45(58)44(57)41(36-53)63-51/h25-26,29-30,33,35,39-42,44-51,53-55,57-61H,3-24,27-28,31-32,34,36-38H2,1-2H3,(H,52,56)/b26-25+,30-29+,35-33+. The van der Waals surface area contributed by atoms with Crippen molar-refractivity contribution < 1.29 is 64.6 Å². The zero-order valence-corrected chi connectivity index (χ0v) is 40.2. The molecular weight excluding hydrogens is 835 g/mol. The fourth-order valence-electron chi connectivity index (χ4n) is 8.37. The van der Waals surface area contributed by atoms with E-state index in [2.05, 4.69) is 36.5 Å². The number of ether oxygens (including phenoxy) is 4. The van der Waals surface area contributed by atoms with Gasteiger partial charge in [0.2, 0.25) is 5.91 Å². The first-order chi connectivity index (χ1) is 31.6. The van der Waals surface area contributed by atoms with Gasteiger partial charge in [0, 0.05) is 6.42 Å². The second-order valence-corrected chi connectivity index (χ2v) is 18.3. The average Bonchev–Trinajstić information content (AvgIpc) is 3.30. The maximum absolute atomic E-state index is 12.5. The van der Waals surface area contributed by atoms with Crippen molar-refractivity contribution in [3.8, 4) is 0 Å². The Hall–Kier alpha value is -1.79. The Morgan fingerprint density at radius 3 is 1.48 bits per heavy atom. The van der Waals surface area contributed by atoms with Crippen LogP contribution in [0.2, 0.25) is 0 Å². The van der Waals surface area contributed by atoms with Crippen LogP contribution < -0.4 is 5.32 Å². The molecule has 0 saturated carbocycles. The Bertz CT molecular complexity index is 1230. The summed E-state index contributed by atoms with van der Waals surface area (Å²) in [5, 5.41) is 85.6. The molecule has 65 heavy (non-hydrogen) atoms. The Balaban J connectivity index is 1.58. The lowest BCUT2D eigenvalue weighted by atomic mass is 9.97. The number of unbranched alkanes of at least 4 members (excludes halogenated alkanes) is 22. The van der Waals surface area contributed by atoms with Gasteiger partial charge in [-0.3, -0.25) is 4.79 Å². The largest absolute Gasteiger partial charge is 0.394 e. The van der Waals surface area contributed by atoms with Gasteiger partial charge < -0.3 is 65.1 Å². The van der Waals surface area contributed by atoms with Crippen LogP contribution in [-0.4, -0.2) is 140 Å². The summed E-state index contributed by atoms with van der Waals surface area (Å²) >= 11 is 0. The fraction of sp³-hybridized carbons (Fsp3) is 0.863. The van der Waals surface area contributed by atoms with Crippen molar-refractivity contribution in [3.05, 3.63) is 36.5 Å². The number of hydrogen-bond donors (Lipinski definition) is 9. The van der Waals surface area contributed by atoms with Gasteiger partial charge in [-0.2, -0.15) is 0 Å². The van der Waals surface area contributed by atoms with E-state index in [0.29, 0.717) is 12.8 Å². The first-order valence-electron chi connectivity index (χ1n) is 25.7. The zero-order valence-electron chi connectivity index (χ0n) is 40.2. The molecule has 0 radical (unpaired) electrons. The summed E-state index contributed by atoms with van der Waals surface area (Å²) < 4.78 is 22.4. The molecule has 380 valence electrons. The van der Waals surface area contributed by atoms with Gasteiger partial charge >= 0.3 is 0 Å². The Morgan fingerprint density at radius 1 is 0.538 bits per heavy atom.